The lowest BCUT2D eigenvalue weighted by Gasteiger charge is -2.09. The zero-order valence-corrected chi connectivity index (χ0v) is 10.8. The number of aliphatic carboxylic acids is 1. The Labute approximate surface area is 106 Å². The Morgan fingerprint density at radius 2 is 2.35 bits per heavy atom. The fourth-order valence-corrected chi connectivity index (χ4v) is 2.33. The molecule has 1 unspecified atom stereocenters. The summed E-state index contributed by atoms with van der Waals surface area (Å²) in [7, 11) is 1.85. The van der Waals surface area contributed by atoms with Crippen molar-refractivity contribution in [3.8, 4) is 0 Å². The number of hydrogen-bond acceptors (Lipinski definition) is 3. The van der Waals surface area contributed by atoms with Gasteiger partial charge in [-0.2, -0.15) is 5.10 Å². The van der Waals surface area contributed by atoms with E-state index in [1.165, 1.54) is 0 Å². The summed E-state index contributed by atoms with van der Waals surface area (Å²) in [5, 5.41) is 13.9. The summed E-state index contributed by atoms with van der Waals surface area (Å²) in [6, 6.07) is 5.11. The monoisotopic (exact) mass is 297 g/mol. The number of carboxylic acids is 1. The van der Waals surface area contributed by atoms with Crippen molar-refractivity contribution in [3.63, 3.8) is 0 Å². The van der Waals surface area contributed by atoms with Crippen molar-refractivity contribution in [2.75, 3.05) is 0 Å². The average molecular weight is 298 g/mol. The van der Waals surface area contributed by atoms with Gasteiger partial charge in [-0.15, -0.1) is 0 Å². The minimum atomic E-state index is -0.900. The maximum absolute atomic E-state index is 10.6. The normalized spacial score (nSPS) is 12.9. The molecule has 0 amide bonds. The van der Waals surface area contributed by atoms with Crippen LogP contribution in [0.25, 0.3) is 10.9 Å². The van der Waals surface area contributed by atoms with Crippen LogP contribution in [-0.4, -0.2) is 20.9 Å². The molecular formula is C11H12BrN3O2. The summed E-state index contributed by atoms with van der Waals surface area (Å²) in [5.41, 5.74) is 7.60. The highest BCUT2D eigenvalue weighted by molar-refractivity contribution is 9.10. The van der Waals surface area contributed by atoms with E-state index in [-0.39, 0.29) is 6.42 Å². The lowest BCUT2D eigenvalue weighted by atomic mass is 10.0. The first kappa shape index (κ1) is 12.1. The van der Waals surface area contributed by atoms with Crippen LogP contribution in [0, 0.1) is 0 Å². The van der Waals surface area contributed by atoms with E-state index in [4.69, 9.17) is 10.8 Å². The predicted octanol–water partition coefficient (Wildman–Crippen LogP) is 1.81. The molecule has 1 aromatic carbocycles. The number of aromatic nitrogens is 2. The van der Waals surface area contributed by atoms with Crippen molar-refractivity contribution in [1.29, 1.82) is 0 Å². The van der Waals surface area contributed by atoms with Gasteiger partial charge < -0.3 is 10.8 Å². The zero-order chi connectivity index (χ0) is 12.6. The largest absolute Gasteiger partial charge is 0.481 e. The molecule has 0 aliphatic rings. The third-order valence-electron chi connectivity index (χ3n) is 2.65. The van der Waals surface area contributed by atoms with Gasteiger partial charge in [0.25, 0.3) is 0 Å². The van der Waals surface area contributed by atoms with Crippen molar-refractivity contribution in [2.45, 2.75) is 12.5 Å². The molecule has 0 fully saturated rings. The van der Waals surface area contributed by atoms with Crippen LogP contribution in [0.15, 0.2) is 22.8 Å². The number of fused-ring (bicyclic) bond motifs is 1. The summed E-state index contributed by atoms with van der Waals surface area (Å²) >= 11 is 3.36. The Hall–Kier alpha value is -1.40. The average Bonchev–Trinajstić information content (AvgIpc) is 2.53. The smallest absolute Gasteiger partial charge is 0.305 e. The fraction of sp³-hybridized carbons (Fsp3) is 0.273. The number of nitrogens with two attached hydrogens (primary N) is 1. The minimum absolute atomic E-state index is 0.0800. The van der Waals surface area contributed by atoms with Gasteiger partial charge >= 0.3 is 5.97 Å². The lowest BCUT2D eigenvalue weighted by molar-refractivity contribution is -0.137. The molecule has 17 heavy (non-hydrogen) atoms. The molecule has 0 saturated heterocycles. The van der Waals surface area contributed by atoms with Gasteiger partial charge in [0.1, 0.15) is 4.60 Å². The van der Waals surface area contributed by atoms with Gasteiger partial charge in [-0.3, -0.25) is 9.48 Å². The van der Waals surface area contributed by atoms with Gasteiger partial charge in [0.15, 0.2) is 0 Å². The van der Waals surface area contributed by atoms with E-state index in [0.717, 1.165) is 21.1 Å². The molecule has 0 spiro atoms. The van der Waals surface area contributed by atoms with Crippen LogP contribution in [0.2, 0.25) is 0 Å². The molecular weight excluding hydrogens is 286 g/mol. The summed E-state index contributed by atoms with van der Waals surface area (Å²) in [6.07, 6.45) is -0.0800. The maximum Gasteiger partial charge on any atom is 0.305 e. The van der Waals surface area contributed by atoms with Crippen LogP contribution in [0.4, 0.5) is 0 Å². The first-order chi connectivity index (χ1) is 7.99. The second-order valence-corrected chi connectivity index (χ2v) is 4.65. The number of halogens is 1. The van der Waals surface area contributed by atoms with E-state index in [9.17, 15) is 4.79 Å². The molecule has 2 aromatic rings. The zero-order valence-electron chi connectivity index (χ0n) is 9.22. The minimum Gasteiger partial charge on any atom is -0.481 e. The standard InChI is InChI=1S/C11H12BrN3O2/c1-15-9-3-2-6(8(13)5-10(16)17)4-7(9)11(12)14-15/h2-4,8H,5,13H2,1H3,(H,16,17). The number of rotatable bonds is 3. The molecule has 0 saturated carbocycles. The molecule has 2 rings (SSSR count). The molecule has 0 aliphatic heterocycles. The summed E-state index contributed by atoms with van der Waals surface area (Å²) < 4.78 is 2.49. The fourth-order valence-electron chi connectivity index (χ4n) is 1.78. The lowest BCUT2D eigenvalue weighted by Crippen LogP contribution is -2.14. The highest BCUT2D eigenvalue weighted by Gasteiger charge is 2.13. The number of hydrogen-bond donors (Lipinski definition) is 2. The topological polar surface area (TPSA) is 81.1 Å². The van der Waals surface area contributed by atoms with E-state index in [2.05, 4.69) is 21.0 Å². The number of nitrogens with zero attached hydrogens (tertiary/aromatic N) is 2. The highest BCUT2D eigenvalue weighted by Crippen LogP contribution is 2.26. The molecule has 90 valence electrons. The molecule has 1 atom stereocenters. The van der Waals surface area contributed by atoms with Crippen LogP contribution in [0.3, 0.4) is 0 Å². The van der Waals surface area contributed by atoms with E-state index in [1.807, 2.05) is 25.2 Å². The second kappa shape index (κ2) is 4.46. The highest BCUT2D eigenvalue weighted by atomic mass is 79.9. The van der Waals surface area contributed by atoms with Crippen LogP contribution in [0.1, 0.15) is 18.0 Å². The van der Waals surface area contributed by atoms with Gasteiger partial charge in [-0.1, -0.05) is 6.07 Å². The third kappa shape index (κ3) is 2.32. The van der Waals surface area contributed by atoms with Gasteiger partial charge in [0.05, 0.1) is 11.9 Å². The Morgan fingerprint density at radius 1 is 1.65 bits per heavy atom. The predicted molar refractivity (Wildman–Crippen MR) is 67.6 cm³/mol. The molecule has 0 radical (unpaired) electrons. The molecule has 1 aromatic heterocycles. The van der Waals surface area contributed by atoms with Crippen LogP contribution >= 0.6 is 15.9 Å². The Kier molecular flexibility index (Phi) is 3.17. The van der Waals surface area contributed by atoms with Crippen molar-refractivity contribution in [2.24, 2.45) is 12.8 Å². The molecule has 0 bridgehead atoms. The second-order valence-electron chi connectivity index (χ2n) is 3.90. The van der Waals surface area contributed by atoms with Crippen molar-refractivity contribution in [1.82, 2.24) is 9.78 Å². The Balaban J connectivity index is 2.44. The van der Waals surface area contributed by atoms with Gasteiger partial charge in [0.2, 0.25) is 0 Å². The molecule has 1 heterocycles. The Bertz CT molecular complexity index is 579. The van der Waals surface area contributed by atoms with Gasteiger partial charge in [0, 0.05) is 18.5 Å². The molecule has 3 N–H and O–H groups in total. The van der Waals surface area contributed by atoms with Crippen LogP contribution in [0.5, 0.6) is 0 Å². The summed E-state index contributed by atoms with van der Waals surface area (Å²) in [6.45, 7) is 0. The van der Waals surface area contributed by atoms with Crippen molar-refractivity contribution >= 4 is 32.8 Å². The van der Waals surface area contributed by atoms with E-state index in [1.54, 1.807) is 4.68 Å². The first-order valence-electron chi connectivity index (χ1n) is 5.08. The Morgan fingerprint density at radius 3 is 3.00 bits per heavy atom. The summed E-state index contributed by atoms with van der Waals surface area (Å²) in [4.78, 5) is 10.6. The number of carboxylic acid groups (broad SMARTS) is 1. The number of benzene rings is 1. The van der Waals surface area contributed by atoms with Gasteiger partial charge in [-0.05, 0) is 33.6 Å². The first-order valence-corrected chi connectivity index (χ1v) is 5.88. The van der Waals surface area contributed by atoms with E-state index < -0.39 is 12.0 Å². The van der Waals surface area contributed by atoms with Gasteiger partial charge in [-0.25, -0.2) is 0 Å². The number of aryl methyl sites for hydroxylation is 1. The quantitative estimate of drug-likeness (QED) is 0.905. The SMILES string of the molecule is Cn1nc(Br)c2cc(C(N)CC(=O)O)ccc21. The van der Waals surface area contributed by atoms with Crippen molar-refractivity contribution in [3.05, 3.63) is 28.4 Å². The van der Waals surface area contributed by atoms with E-state index >= 15 is 0 Å². The third-order valence-corrected chi connectivity index (χ3v) is 3.24. The van der Waals surface area contributed by atoms with E-state index in [0.29, 0.717) is 0 Å². The molecule has 6 heteroatoms. The maximum atomic E-state index is 10.6. The van der Waals surface area contributed by atoms with Crippen LogP contribution < -0.4 is 5.73 Å². The summed E-state index contributed by atoms with van der Waals surface area (Å²) in [5.74, 6) is -0.900. The van der Waals surface area contributed by atoms with Crippen LogP contribution in [-0.2, 0) is 11.8 Å². The molecule has 0 aliphatic carbocycles. The van der Waals surface area contributed by atoms with Crippen molar-refractivity contribution < 1.29 is 9.90 Å². The molecule has 5 nitrogen and oxygen atoms in total. The number of carbonyl (C=O) groups is 1.